The summed E-state index contributed by atoms with van der Waals surface area (Å²) in [5, 5.41) is 0. The van der Waals surface area contributed by atoms with Gasteiger partial charge in [0, 0.05) is 6.20 Å². The highest BCUT2D eigenvalue weighted by Gasteiger charge is 2.25. The molecule has 2 N–H and O–H groups in total. The average Bonchev–Trinajstić information content (AvgIpc) is 2.38. The number of nitrogens with two attached hydrogens (primary N) is 1. The van der Waals surface area contributed by atoms with Gasteiger partial charge in [-0.05, 0) is 50.1 Å². The van der Waals surface area contributed by atoms with Gasteiger partial charge in [0.05, 0.1) is 17.8 Å². The molecule has 1 heterocycles. The van der Waals surface area contributed by atoms with E-state index in [4.69, 9.17) is 10.5 Å². The lowest BCUT2D eigenvalue weighted by Crippen LogP contribution is -2.34. The van der Waals surface area contributed by atoms with Crippen LogP contribution in [0.25, 0.3) is 0 Å². The number of hydrogen-bond acceptors (Lipinski definition) is 3. The fourth-order valence-corrected chi connectivity index (χ4v) is 2.02. The van der Waals surface area contributed by atoms with E-state index in [0.29, 0.717) is 11.3 Å². The highest BCUT2D eigenvalue weighted by molar-refractivity contribution is 5.38. The molecular weight excluding hydrogens is 255 g/mol. The molecule has 1 atom stereocenters. The van der Waals surface area contributed by atoms with Crippen LogP contribution in [0.5, 0.6) is 5.75 Å². The van der Waals surface area contributed by atoms with Crippen molar-refractivity contribution >= 4 is 0 Å². The topological polar surface area (TPSA) is 48.1 Å². The summed E-state index contributed by atoms with van der Waals surface area (Å²) < 4.78 is 19.0. The number of nitrogens with zero attached hydrogens (tertiary/aromatic N) is 1. The van der Waals surface area contributed by atoms with Crippen LogP contribution in [0.1, 0.15) is 31.9 Å². The summed E-state index contributed by atoms with van der Waals surface area (Å²) >= 11 is 0. The molecule has 4 heteroatoms. The molecule has 0 saturated carbocycles. The number of rotatable bonds is 4. The molecule has 2 rings (SSSR count). The van der Waals surface area contributed by atoms with Gasteiger partial charge in [-0.25, -0.2) is 4.39 Å². The van der Waals surface area contributed by atoms with Crippen molar-refractivity contribution in [2.75, 3.05) is 0 Å². The first-order valence-corrected chi connectivity index (χ1v) is 6.56. The third kappa shape index (κ3) is 3.14. The lowest BCUT2D eigenvalue weighted by atomic mass is 9.86. The molecule has 106 valence electrons. The zero-order valence-corrected chi connectivity index (χ0v) is 11.9. The first kappa shape index (κ1) is 14.5. The Morgan fingerprint density at radius 1 is 1.20 bits per heavy atom. The van der Waals surface area contributed by atoms with Gasteiger partial charge >= 0.3 is 0 Å². The number of benzene rings is 1. The van der Waals surface area contributed by atoms with E-state index in [1.807, 2.05) is 26.8 Å². The molecule has 0 amide bonds. The molecule has 0 spiro atoms. The molecule has 1 unspecified atom stereocenters. The molecule has 0 aliphatic rings. The standard InChI is InChI=1S/C16H19FN2O/c1-11(2)20-15-8-13(9-19-10-15)16(3,18)12-5-4-6-14(17)7-12/h4-11H,18H2,1-3H3. The largest absolute Gasteiger partial charge is 0.489 e. The number of pyridine rings is 1. The molecule has 1 aromatic heterocycles. The fourth-order valence-electron chi connectivity index (χ4n) is 2.02. The Morgan fingerprint density at radius 3 is 2.60 bits per heavy atom. The lowest BCUT2D eigenvalue weighted by Gasteiger charge is -2.26. The van der Waals surface area contributed by atoms with Crippen molar-refractivity contribution in [3.05, 3.63) is 59.7 Å². The molecule has 1 aromatic carbocycles. The zero-order valence-electron chi connectivity index (χ0n) is 11.9. The average molecular weight is 274 g/mol. The Kier molecular flexibility index (Phi) is 4.04. The Hall–Kier alpha value is -1.94. The van der Waals surface area contributed by atoms with Gasteiger partial charge in [-0.3, -0.25) is 4.98 Å². The summed E-state index contributed by atoms with van der Waals surface area (Å²) in [6.45, 7) is 5.72. The van der Waals surface area contributed by atoms with Gasteiger partial charge in [0.1, 0.15) is 11.6 Å². The molecule has 0 aliphatic heterocycles. The second-order valence-corrected chi connectivity index (χ2v) is 5.29. The van der Waals surface area contributed by atoms with Gasteiger partial charge < -0.3 is 10.5 Å². The van der Waals surface area contributed by atoms with Crippen LogP contribution in [-0.2, 0) is 5.54 Å². The fraction of sp³-hybridized carbons (Fsp3) is 0.312. The second kappa shape index (κ2) is 5.59. The van der Waals surface area contributed by atoms with Crippen molar-refractivity contribution in [3.63, 3.8) is 0 Å². The van der Waals surface area contributed by atoms with Gasteiger partial charge in [0.25, 0.3) is 0 Å². The van der Waals surface area contributed by atoms with E-state index in [-0.39, 0.29) is 11.9 Å². The molecule has 20 heavy (non-hydrogen) atoms. The number of halogens is 1. The minimum absolute atomic E-state index is 0.0604. The molecule has 3 nitrogen and oxygen atoms in total. The van der Waals surface area contributed by atoms with Gasteiger partial charge in [-0.2, -0.15) is 0 Å². The molecule has 0 bridgehead atoms. The maximum absolute atomic E-state index is 13.4. The van der Waals surface area contributed by atoms with E-state index < -0.39 is 5.54 Å². The Balaban J connectivity index is 2.38. The van der Waals surface area contributed by atoms with Crippen LogP contribution in [0.15, 0.2) is 42.7 Å². The minimum Gasteiger partial charge on any atom is -0.489 e. The third-order valence-electron chi connectivity index (χ3n) is 3.11. The van der Waals surface area contributed by atoms with Crippen LogP contribution in [-0.4, -0.2) is 11.1 Å². The Bertz CT molecular complexity index is 597. The van der Waals surface area contributed by atoms with E-state index in [9.17, 15) is 4.39 Å². The van der Waals surface area contributed by atoms with Crippen molar-refractivity contribution in [2.45, 2.75) is 32.4 Å². The summed E-state index contributed by atoms with van der Waals surface area (Å²) in [6.07, 6.45) is 3.38. The van der Waals surface area contributed by atoms with Crippen LogP contribution in [0, 0.1) is 5.82 Å². The van der Waals surface area contributed by atoms with Crippen molar-refractivity contribution < 1.29 is 9.13 Å². The van der Waals surface area contributed by atoms with Crippen molar-refractivity contribution in [2.24, 2.45) is 5.73 Å². The van der Waals surface area contributed by atoms with Gasteiger partial charge in [-0.1, -0.05) is 12.1 Å². The number of hydrogen-bond donors (Lipinski definition) is 1. The van der Waals surface area contributed by atoms with E-state index >= 15 is 0 Å². The zero-order chi connectivity index (χ0) is 14.8. The van der Waals surface area contributed by atoms with Crippen molar-refractivity contribution in [3.8, 4) is 5.75 Å². The summed E-state index contributed by atoms with van der Waals surface area (Å²) in [4.78, 5) is 4.15. The van der Waals surface area contributed by atoms with Gasteiger partial charge in [0.2, 0.25) is 0 Å². The summed E-state index contributed by atoms with van der Waals surface area (Å²) in [6, 6.07) is 8.14. The molecule has 0 fully saturated rings. The van der Waals surface area contributed by atoms with Crippen molar-refractivity contribution in [1.29, 1.82) is 0 Å². The van der Waals surface area contributed by atoms with Crippen LogP contribution in [0.2, 0.25) is 0 Å². The van der Waals surface area contributed by atoms with Crippen LogP contribution >= 0.6 is 0 Å². The molecule has 0 radical (unpaired) electrons. The summed E-state index contributed by atoms with van der Waals surface area (Å²) in [5.74, 6) is 0.354. The molecule has 0 aliphatic carbocycles. The monoisotopic (exact) mass is 274 g/mol. The first-order chi connectivity index (χ1) is 9.39. The van der Waals surface area contributed by atoms with Crippen LogP contribution in [0.4, 0.5) is 4.39 Å². The van der Waals surface area contributed by atoms with Gasteiger partial charge in [0.15, 0.2) is 0 Å². The number of ether oxygens (including phenoxy) is 1. The normalized spacial score (nSPS) is 14.1. The SMILES string of the molecule is CC(C)Oc1cncc(C(C)(N)c2cccc(F)c2)c1. The Labute approximate surface area is 118 Å². The van der Waals surface area contributed by atoms with E-state index in [0.717, 1.165) is 5.56 Å². The minimum atomic E-state index is -0.828. The molecule has 0 saturated heterocycles. The van der Waals surface area contributed by atoms with Crippen molar-refractivity contribution in [1.82, 2.24) is 4.98 Å². The highest BCUT2D eigenvalue weighted by atomic mass is 19.1. The summed E-state index contributed by atoms with van der Waals surface area (Å²) in [5.41, 5.74) is 7.01. The maximum atomic E-state index is 13.4. The quantitative estimate of drug-likeness (QED) is 0.931. The second-order valence-electron chi connectivity index (χ2n) is 5.29. The lowest BCUT2D eigenvalue weighted by molar-refractivity contribution is 0.241. The van der Waals surface area contributed by atoms with E-state index in [1.165, 1.54) is 12.1 Å². The predicted molar refractivity (Wildman–Crippen MR) is 77.0 cm³/mol. The van der Waals surface area contributed by atoms with Crippen LogP contribution in [0.3, 0.4) is 0 Å². The van der Waals surface area contributed by atoms with Gasteiger partial charge in [-0.15, -0.1) is 0 Å². The van der Waals surface area contributed by atoms with E-state index in [2.05, 4.69) is 4.98 Å². The number of aromatic nitrogens is 1. The molecular formula is C16H19FN2O. The van der Waals surface area contributed by atoms with E-state index in [1.54, 1.807) is 24.5 Å². The summed E-state index contributed by atoms with van der Waals surface area (Å²) in [7, 11) is 0. The Morgan fingerprint density at radius 2 is 1.95 bits per heavy atom. The van der Waals surface area contributed by atoms with Crippen LogP contribution < -0.4 is 10.5 Å². The first-order valence-electron chi connectivity index (χ1n) is 6.56. The highest BCUT2D eigenvalue weighted by Crippen LogP contribution is 2.28. The third-order valence-corrected chi connectivity index (χ3v) is 3.11. The maximum Gasteiger partial charge on any atom is 0.138 e. The smallest absolute Gasteiger partial charge is 0.138 e. The molecule has 2 aromatic rings. The predicted octanol–water partition coefficient (Wildman–Crippen LogP) is 3.23.